The normalized spacial score (nSPS) is 17.8. The van der Waals surface area contributed by atoms with Crippen LogP contribution in [-0.2, 0) is 12.1 Å². The second-order valence-electron chi connectivity index (χ2n) is 7.96. The number of hydrogen-bond donors (Lipinski definition) is 1. The van der Waals surface area contributed by atoms with Crippen molar-refractivity contribution in [3.63, 3.8) is 0 Å². The summed E-state index contributed by atoms with van der Waals surface area (Å²) in [5.74, 6) is -0.356. The number of ether oxygens (including phenoxy) is 1. The zero-order chi connectivity index (χ0) is 22.6. The van der Waals surface area contributed by atoms with E-state index in [4.69, 9.17) is 4.74 Å². The van der Waals surface area contributed by atoms with Crippen LogP contribution >= 0.6 is 0 Å². The van der Waals surface area contributed by atoms with Crippen LogP contribution in [0.25, 0.3) is 0 Å². The molecule has 1 N–H and O–H groups in total. The van der Waals surface area contributed by atoms with Crippen LogP contribution in [0.15, 0.2) is 90.0 Å². The van der Waals surface area contributed by atoms with Crippen molar-refractivity contribution < 1.29 is 9.53 Å². The lowest BCUT2D eigenvalue weighted by Gasteiger charge is -2.45. The van der Waals surface area contributed by atoms with Crippen molar-refractivity contribution in [3.05, 3.63) is 112 Å². The van der Waals surface area contributed by atoms with Crippen LogP contribution in [0.4, 0.5) is 0 Å². The first kappa shape index (κ1) is 21.4. The van der Waals surface area contributed by atoms with Crippen LogP contribution in [0.1, 0.15) is 41.4 Å². The number of amides is 1. The predicted molar refractivity (Wildman–Crippen MR) is 125 cm³/mol. The minimum atomic E-state index is -0.412. The molecule has 1 unspecified atom stereocenters. The number of nitrogens with one attached hydrogen (secondary N) is 1. The van der Waals surface area contributed by atoms with Crippen molar-refractivity contribution in [2.24, 2.45) is 0 Å². The number of nitrogens with zero attached hydrogens (tertiary/aromatic N) is 2. The van der Waals surface area contributed by atoms with Crippen molar-refractivity contribution in [2.45, 2.75) is 31.9 Å². The smallest absolute Gasteiger partial charge is 0.273 e. The Bertz CT molecular complexity index is 1170. The zero-order valence-corrected chi connectivity index (χ0v) is 18.3. The lowest BCUT2D eigenvalue weighted by Crippen LogP contribution is -2.50. The molecule has 6 nitrogen and oxygen atoms in total. The summed E-state index contributed by atoms with van der Waals surface area (Å²) in [5, 5.41) is 4.67. The Morgan fingerprint density at radius 2 is 1.75 bits per heavy atom. The summed E-state index contributed by atoms with van der Waals surface area (Å²) in [4.78, 5) is 25.8. The van der Waals surface area contributed by atoms with E-state index in [0.29, 0.717) is 0 Å². The molecule has 0 saturated heterocycles. The summed E-state index contributed by atoms with van der Waals surface area (Å²) in [5.41, 5.74) is 1.46. The molecule has 0 spiro atoms. The molecule has 6 heteroatoms. The summed E-state index contributed by atoms with van der Waals surface area (Å²) in [7, 11) is 1.55. The number of benzene rings is 2. The average Bonchev–Trinajstić information content (AvgIpc) is 2.84. The largest absolute Gasteiger partial charge is 0.482 e. The SMILES string of the molecule is CNC(=O)c1c(OCc2ccccc2)c(=O)ccn1N1C=CCCC1(C)c1ccccc1. The van der Waals surface area contributed by atoms with Crippen LogP contribution < -0.4 is 20.5 Å². The second-order valence-corrected chi connectivity index (χ2v) is 7.96. The minimum absolute atomic E-state index is 0.0325. The second kappa shape index (κ2) is 9.14. The lowest BCUT2D eigenvalue weighted by molar-refractivity contribution is 0.0945. The van der Waals surface area contributed by atoms with Crippen LogP contribution in [0, 0.1) is 0 Å². The molecule has 0 fully saturated rings. The number of carbonyl (C=O) groups is 1. The third-order valence-electron chi connectivity index (χ3n) is 5.88. The Morgan fingerprint density at radius 3 is 2.44 bits per heavy atom. The Hall–Kier alpha value is -3.80. The van der Waals surface area contributed by atoms with Gasteiger partial charge < -0.3 is 10.1 Å². The fourth-order valence-electron chi connectivity index (χ4n) is 4.08. The summed E-state index contributed by atoms with van der Waals surface area (Å²) < 4.78 is 7.66. The third kappa shape index (κ3) is 4.04. The van der Waals surface area contributed by atoms with Crippen molar-refractivity contribution in [1.82, 2.24) is 9.99 Å². The van der Waals surface area contributed by atoms with Gasteiger partial charge in [-0.2, -0.15) is 0 Å². The van der Waals surface area contributed by atoms with Gasteiger partial charge in [0.05, 0.1) is 5.54 Å². The zero-order valence-electron chi connectivity index (χ0n) is 18.3. The Labute approximate surface area is 187 Å². The maximum Gasteiger partial charge on any atom is 0.273 e. The molecule has 1 atom stereocenters. The van der Waals surface area contributed by atoms with E-state index in [-0.39, 0.29) is 29.4 Å². The van der Waals surface area contributed by atoms with E-state index < -0.39 is 5.54 Å². The molecule has 4 rings (SSSR count). The highest BCUT2D eigenvalue weighted by Crippen LogP contribution is 2.36. The molecule has 2 heterocycles. The van der Waals surface area contributed by atoms with Gasteiger partial charge in [0.2, 0.25) is 5.43 Å². The number of carbonyl (C=O) groups excluding carboxylic acids is 1. The van der Waals surface area contributed by atoms with Gasteiger partial charge >= 0.3 is 0 Å². The summed E-state index contributed by atoms with van der Waals surface area (Å²) >= 11 is 0. The van der Waals surface area contributed by atoms with Gasteiger partial charge in [0.15, 0.2) is 11.4 Å². The number of pyridine rings is 1. The molecular formula is C26H27N3O3. The van der Waals surface area contributed by atoms with E-state index in [9.17, 15) is 9.59 Å². The monoisotopic (exact) mass is 429 g/mol. The number of hydrogen-bond acceptors (Lipinski definition) is 4. The van der Waals surface area contributed by atoms with E-state index in [0.717, 1.165) is 24.0 Å². The number of aromatic nitrogens is 1. The Balaban J connectivity index is 1.82. The van der Waals surface area contributed by atoms with Crippen LogP contribution in [0.2, 0.25) is 0 Å². The van der Waals surface area contributed by atoms with Crippen molar-refractivity contribution >= 4 is 5.91 Å². The average molecular weight is 430 g/mol. The number of rotatable bonds is 6. The highest BCUT2D eigenvalue weighted by Gasteiger charge is 2.36. The van der Waals surface area contributed by atoms with Crippen LogP contribution in [-0.4, -0.2) is 17.6 Å². The third-order valence-corrected chi connectivity index (χ3v) is 5.88. The first-order valence-electron chi connectivity index (χ1n) is 10.7. The van der Waals surface area contributed by atoms with Gasteiger partial charge in [-0.15, -0.1) is 0 Å². The molecule has 1 amide bonds. The molecule has 3 aromatic rings. The molecule has 0 aliphatic carbocycles. The molecular weight excluding hydrogens is 402 g/mol. The van der Waals surface area contributed by atoms with Crippen molar-refractivity contribution in [1.29, 1.82) is 0 Å². The molecule has 164 valence electrons. The molecule has 0 saturated carbocycles. The van der Waals surface area contributed by atoms with Gasteiger partial charge in [-0.05, 0) is 30.9 Å². The van der Waals surface area contributed by atoms with Crippen molar-refractivity contribution in [3.8, 4) is 5.75 Å². The summed E-state index contributed by atoms with van der Waals surface area (Å²) in [6.45, 7) is 2.33. The van der Waals surface area contributed by atoms with Gasteiger partial charge in [-0.25, -0.2) is 0 Å². The first-order chi connectivity index (χ1) is 15.5. The molecule has 2 aromatic carbocycles. The van der Waals surface area contributed by atoms with E-state index in [1.807, 2.05) is 59.7 Å². The van der Waals surface area contributed by atoms with Gasteiger partial charge in [0, 0.05) is 25.5 Å². The van der Waals surface area contributed by atoms with E-state index in [2.05, 4.69) is 30.4 Å². The highest BCUT2D eigenvalue weighted by molar-refractivity contribution is 5.95. The molecule has 32 heavy (non-hydrogen) atoms. The maximum atomic E-state index is 13.0. The molecule has 1 aromatic heterocycles. The summed E-state index contributed by atoms with van der Waals surface area (Å²) in [6.07, 6.45) is 7.44. The molecule has 0 radical (unpaired) electrons. The summed E-state index contributed by atoms with van der Waals surface area (Å²) in [6, 6.07) is 21.2. The Morgan fingerprint density at radius 1 is 1.06 bits per heavy atom. The fourth-order valence-corrected chi connectivity index (χ4v) is 4.08. The van der Waals surface area contributed by atoms with E-state index in [1.165, 1.54) is 6.07 Å². The van der Waals surface area contributed by atoms with Gasteiger partial charge in [0.25, 0.3) is 5.91 Å². The van der Waals surface area contributed by atoms with Crippen molar-refractivity contribution in [2.75, 3.05) is 12.1 Å². The topological polar surface area (TPSA) is 63.6 Å². The molecule has 0 bridgehead atoms. The minimum Gasteiger partial charge on any atom is -0.482 e. The quantitative estimate of drug-likeness (QED) is 0.645. The van der Waals surface area contributed by atoms with Crippen LogP contribution in [0.3, 0.4) is 0 Å². The standard InChI is InChI=1S/C26H27N3O3/c1-26(21-13-7-4-8-14-21)16-9-10-17-29(26)28-18-15-22(30)24(23(28)25(31)27-2)32-19-20-11-5-3-6-12-20/h3-8,10-15,17-18H,9,16,19H2,1-2H3,(H,27,31). The fraction of sp³-hybridized carbons (Fsp3) is 0.231. The van der Waals surface area contributed by atoms with Gasteiger partial charge in [-0.3, -0.25) is 19.3 Å². The molecule has 1 aliphatic heterocycles. The first-order valence-corrected chi connectivity index (χ1v) is 10.7. The van der Waals surface area contributed by atoms with E-state index in [1.54, 1.807) is 17.9 Å². The lowest BCUT2D eigenvalue weighted by atomic mass is 9.85. The van der Waals surface area contributed by atoms with Crippen LogP contribution in [0.5, 0.6) is 5.75 Å². The highest BCUT2D eigenvalue weighted by atomic mass is 16.5. The Kier molecular flexibility index (Phi) is 6.12. The van der Waals surface area contributed by atoms with Gasteiger partial charge in [0.1, 0.15) is 6.61 Å². The number of allylic oxidation sites excluding steroid dienone is 1. The van der Waals surface area contributed by atoms with E-state index >= 15 is 0 Å². The maximum absolute atomic E-state index is 13.0. The van der Waals surface area contributed by atoms with Gasteiger partial charge in [-0.1, -0.05) is 66.7 Å². The molecule has 1 aliphatic rings. The predicted octanol–water partition coefficient (Wildman–Crippen LogP) is 3.95.